The highest BCUT2D eigenvalue weighted by molar-refractivity contribution is 6.81. The van der Waals surface area contributed by atoms with Crippen molar-refractivity contribution in [3.05, 3.63) is 303 Å². The van der Waals surface area contributed by atoms with Crippen molar-refractivity contribution in [3.8, 4) is 84.1 Å². The van der Waals surface area contributed by atoms with Gasteiger partial charge in [-0.15, -0.1) is 0 Å². The summed E-state index contributed by atoms with van der Waals surface area (Å²) in [6.45, 7) is 0.103. The predicted molar refractivity (Wildman–Crippen MR) is 335 cm³/mol. The van der Waals surface area contributed by atoms with E-state index >= 15 is 0 Å². The third-order valence-corrected chi connectivity index (χ3v) is 15.7. The summed E-state index contributed by atoms with van der Waals surface area (Å²) >= 11 is 0. The first-order valence-electron chi connectivity index (χ1n) is 27.5. The van der Waals surface area contributed by atoms with Crippen LogP contribution >= 0.6 is 0 Å². The van der Waals surface area contributed by atoms with E-state index in [4.69, 9.17) is 14.4 Å². The van der Waals surface area contributed by atoms with Crippen LogP contribution in [0.25, 0.3) is 94.4 Å². The Morgan fingerprint density at radius 1 is 0.395 bits per heavy atom. The average molecular weight is 1040 g/mol. The molecular weight excluding hydrogens is 988 g/mol. The van der Waals surface area contributed by atoms with Crippen molar-refractivity contribution in [1.82, 2.24) is 9.55 Å². The summed E-state index contributed by atoms with van der Waals surface area (Å²) in [6, 6.07) is 102. The van der Waals surface area contributed by atoms with Crippen molar-refractivity contribution in [2.24, 2.45) is 0 Å². The molecule has 0 atom stereocenters. The molecule has 0 fully saturated rings. The predicted octanol–water partition coefficient (Wildman–Crippen LogP) is 17.2. The molecule has 11 aromatic carbocycles. The van der Waals surface area contributed by atoms with E-state index in [1.54, 1.807) is 0 Å². The Hall–Kier alpha value is -10.6. The van der Waals surface area contributed by atoms with Gasteiger partial charge in [0.1, 0.15) is 24.0 Å². The maximum atomic E-state index is 7.26. The van der Waals surface area contributed by atoms with E-state index in [2.05, 4.69) is 287 Å². The number of hydrogen-bond donors (Lipinski definition) is 0. The molecule has 2 aromatic heterocycles. The second-order valence-corrected chi connectivity index (χ2v) is 20.7. The summed E-state index contributed by atoms with van der Waals surface area (Å²) in [6.07, 6.45) is 4.05. The number of para-hydroxylation sites is 2. The van der Waals surface area contributed by atoms with Crippen molar-refractivity contribution in [2.75, 3.05) is 16.5 Å². The van der Waals surface area contributed by atoms with Gasteiger partial charge < -0.3 is 14.3 Å². The molecule has 0 aliphatic carbocycles. The number of hydrogen-bond acceptors (Lipinski definition) is 5. The summed E-state index contributed by atoms with van der Waals surface area (Å²) in [5.74, 6) is 3.05. The number of nitrogens with zero attached hydrogens (tertiary/aromatic N) is 4. The average Bonchev–Trinajstić information content (AvgIpc) is 4.22. The van der Waals surface area contributed by atoms with Gasteiger partial charge in [0, 0.05) is 45.9 Å². The zero-order valence-corrected chi connectivity index (χ0v) is 44.2. The van der Waals surface area contributed by atoms with Crippen LogP contribution in [0.5, 0.6) is 11.5 Å². The lowest BCUT2D eigenvalue weighted by molar-refractivity contribution is 0.430. The Balaban J connectivity index is 0.900. The van der Waals surface area contributed by atoms with Crippen LogP contribution in [-0.4, -0.2) is 23.1 Å². The zero-order chi connectivity index (χ0) is 53.6. The molecule has 0 unspecified atom stereocenters. The molecule has 6 nitrogen and oxygen atoms in total. The van der Waals surface area contributed by atoms with E-state index in [0.717, 1.165) is 134 Å². The Labute approximate surface area is 471 Å². The third kappa shape index (κ3) is 8.87. The summed E-state index contributed by atoms with van der Waals surface area (Å²) in [4.78, 5) is 9.47. The zero-order valence-electron chi connectivity index (χ0n) is 44.2. The van der Waals surface area contributed by atoms with Gasteiger partial charge in [-0.05, 0) is 139 Å². The number of fused-ring (bicyclic) bond motifs is 6. The maximum absolute atomic E-state index is 7.26. The van der Waals surface area contributed by atoms with Crippen LogP contribution in [0, 0.1) is 0 Å². The van der Waals surface area contributed by atoms with Crippen LogP contribution in [0.3, 0.4) is 0 Å². The highest BCUT2D eigenvalue weighted by Gasteiger charge is 2.40. The number of aromatic nitrogens is 2. The number of rotatable bonds is 11. The second kappa shape index (κ2) is 20.3. The molecular formula is C74H51BN4O2. The summed E-state index contributed by atoms with van der Waals surface area (Å²) in [7, 11) is 0. The SMILES string of the molecule is C1=C2OB(c3ccccc3)c3ccc(Oc4ccc5c6ccccc6n(-c6ccccn6)c5c4)cc3N2CN1c1c(-c2cc(-c3ccccc3)cc(-c3ccccc3)c2)cccc1-c1cc(-c2ccccc2)cc(-c2ccccc2)c1. The molecule has 0 saturated heterocycles. The molecule has 0 radical (unpaired) electrons. The minimum Gasteiger partial charge on any atom is -0.538 e. The first-order chi connectivity index (χ1) is 40.1. The fourth-order valence-electron chi connectivity index (χ4n) is 11.9. The van der Waals surface area contributed by atoms with E-state index < -0.39 is 0 Å². The van der Waals surface area contributed by atoms with Gasteiger partial charge in [0.2, 0.25) is 0 Å². The Morgan fingerprint density at radius 3 is 1.46 bits per heavy atom. The Bertz CT molecular complexity index is 4240. The van der Waals surface area contributed by atoms with Crippen molar-refractivity contribution in [3.63, 3.8) is 0 Å². The molecule has 15 rings (SSSR count). The molecule has 81 heavy (non-hydrogen) atoms. The molecule has 13 aromatic rings. The van der Waals surface area contributed by atoms with E-state index in [0.29, 0.717) is 6.67 Å². The number of benzene rings is 11. The summed E-state index contributed by atoms with van der Waals surface area (Å²) in [5, 5.41) is 2.30. The smallest absolute Gasteiger partial charge is 0.430 e. The van der Waals surface area contributed by atoms with Gasteiger partial charge in [0.15, 0.2) is 5.88 Å². The molecule has 0 saturated carbocycles. The molecule has 0 amide bonds. The van der Waals surface area contributed by atoms with Gasteiger partial charge in [-0.2, -0.15) is 0 Å². The van der Waals surface area contributed by atoms with Gasteiger partial charge in [0.25, 0.3) is 0 Å². The fourth-order valence-corrected chi connectivity index (χ4v) is 11.9. The van der Waals surface area contributed by atoms with E-state index in [9.17, 15) is 0 Å². The minimum absolute atomic E-state index is 0.371. The summed E-state index contributed by atoms with van der Waals surface area (Å²) < 4.78 is 16.4. The van der Waals surface area contributed by atoms with Crippen LogP contribution in [0.2, 0.25) is 0 Å². The Morgan fingerprint density at radius 2 is 0.889 bits per heavy atom. The first kappa shape index (κ1) is 47.6. The van der Waals surface area contributed by atoms with E-state index in [-0.39, 0.29) is 6.92 Å². The first-order valence-corrected chi connectivity index (χ1v) is 27.5. The lowest BCUT2D eigenvalue weighted by atomic mass is 9.54. The lowest BCUT2D eigenvalue weighted by Gasteiger charge is -2.34. The van der Waals surface area contributed by atoms with Crippen LogP contribution in [0.4, 0.5) is 11.4 Å². The maximum Gasteiger partial charge on any atom is 0.430 e. The van der Waals surface area contributed by atoms with Gasteiger partial charge in [-0.1, -0.05) is 200 Å². The molecule has 0 N–H and O–H groups in total. The Kier molecular flexibility index (Phi) is 11.9. The molecule has 382 valence electrons. The molecule has 0 spiro atoms. The van der Waals surface area contributed by atoms with Gasteiger partial charge in [0.05, 0.1) is 22.9 Å². The second-order valence-electron chi connectivity index (χ2n) is 20.7. The molecule has 4 heterocycles. The van der Waals surface area contributed by atoms with Gasteiger partial charge >= 0.3 is 6.92 Å². The molecule has 7 heteroatoms. The fraction of sp³-hybridized carbons (Fsp3) is 0.0135. The summed E-state index contributed by atoms with van der Waals surface area (Å²) in [5.41, 5.74) is 19.9. The van der Waals surface area contributed by atoms with E-state index in [1.807, 2.05) is 24.4 Å². The molecule has 0 bridgehead atoms. The topological polar surface area (TPSA) is 42.8 Å². The highest BCUT2D eigenvalue weighted by atomic mass is 16.5. The standard InChI is InChI=1S/C74H51BN4O2/c1-6-21-51(22-7-1)55-41-56(52-23-8-2-9-24-52)44-59(43-55)64-32-20-33-65(60-45-57(53-25-10-3-11-26-53)42-58(46-60)54-27-12-4-13-28-54)74(64)77-49-73-78(50-77)71-48-63(37-39-68(71)75(81-73)61-29-14-5-15-30-61)80-62-36-38-67-66-31-16-17-34-69(66)79(70(67)47-62)72-35-18-19-40-76-72/h1-49H,50H2. The quantitative estimate of drug-likeness (QED) is 0.121. The van der Waals surface area contributed by atoms with Crippen molar-refractivity contribution >= 4 is 51.0 Å². The monoisotopic (exact) mass is 1040 g/mol. The largest absolute Gasteiger partial charge is 0.538 e. The number of anilines is 2. The van der Waals surface area contributed by atoms with Crippen LogP contribution in [-0.2, 0) is 4.65 Å². The number of ether oxygens (including phenoxy) is 1. The molecule has 2 aliphatic rings. The van der Waals surface area contributed by atoms with Gasteiger partial charge in [-0.25, -0.2) is 4.98 Å². The van der Waals surface area contributed by atoms with Crippen molar-refractivity contribution in [1.29, 1.82) is 0 Å². The minimum atomic E-state index is -0.371. The van der Waals surface area contributed by atoms with Crippen LogP contribution in [0.1, 0.15) is 0 Å². The lowest BCUT2D eigenvalue weighted by Crippen LogP contribution is -2.52. The van der Waals surface area contributed by atoms with Crippen LogP contribution < -0.4 is 25.5 Å². The molecule has 2 aliphatic heterocycles. The van der Waals surface area contributed by atoms with Gasteiger partial charge in [-0.3, -0.25) is 9.47 Å². The third-order valence-electron chi connectivity index (χ3n) is 15.7. The van der Waals surface area contributed by atoms with Crippen LogP contribution in [0.15, 0.2) is 303 Å². The highest BCUT2D eigenvalue weighted by Crippen LogP contribution is 2.47. The normalized spacial score (nSPS) is 12.7. The van der Waals surface area contributed by atoms with Crippen molar-refractivity contribution < 1.29 is 9.39 Å². The number of pyridine rings is 1. The van der Waals surface area contributed by atoms with E-state index in [1.165, 1.54) is 0 Å². The van der Waals surface area contributed by atoms with Crippen molar-refractivity contribution in [2.45, 2.75) is 0 Å².